The SMILES string of the molecule is CCC1CC2CC[C@H](C)C(C2)C12c1ccccc1-c1cc(N(c3cccc(-c4ccccc4)c3)c3cccc4c3-c3ccccc3C43CCCC3)ccc12. The predicted octanol–water partition coefficient (Wildman–Crippen LogP) is 14.4. The van der Waals surface area contributed by atoms with Crippen LogP contribution in [0, 0.1) is 23.7 Å². The molecular weight excluding hydrogens is 651 g/mol. The van der Waals surface area contributed by atoms with Crippen molar-refractivity contribution in [2.24, 2.45) is 23.7 Å². The van der Waals surface area contributed by atoms with Crippen LogP contribution >= 0.6 is 0 Å². The van der Waals surface area contributed by atoms with E-state index in [1.807, 2.05) is 0 Å². The van der Waals surface area contributed by atoms with Crippen LogP contribution in [0.2, 0.25) is 0 Å². The highest BCUT2D eigenvalue weighted by Gasteiger charge is 2.58. The lowest BCUT2D eigenvalue weighted by molar-refractivity contribution is 0.0192. The molecule has 268 valence electrons. The van der Waals surface area contributed by atoms with Gasteiger partial charge in [-0.3, -0.25) is 0 Å². The summed E-state index contributed by atoms with van der Waals surface area (Å²) in [5.41, 5.74) is 18.5. The number of nitrogens with zero attached hydrogens (tertiary/aromatic N) is 1. The lowest BCUT2D eigenvalue weighted by Gasteiger charge is -2.56. The van der Waals surface area contributed by atoms with Crippen LogP contribution in [-0.4, -0.2) is 0 Å². The van der Waals surface area contributed by atoms with Gasteiger partial charge >= 0.3 is 0 Å². The van der Waals surface area contributed by atoms with Crippen molar-refractivity contribution in [2.45, 2.75) is 82.5 Å². The van der Waals surface area contributed by atoms with E-state index in [-0.39, 0.29) is 10.8 Å². The molecule has 3 fully saturated rings. The minimum Gasteiger partial charge on any atom is -0.310 e. The average molecular weight is 702 g/mol. The van der Waals surface area contributed by atoms with Crippen LogP contribution in [0.3, 0.4) is 0 Å². The fraction of sp³-hybridized carbons (Fsp3) is 0.321. The summed E-state index contributed by atoms with van der Waals surface area (Å²) in [7, 11) is 0. The Hall–Kier alpha value is -4.88. The summed E-state index contributed by atoms with van der Waals surface area (Å²) in [6.07, 6.45) is 11.8. The molecule has 0 amide bonds. The van der Waals surface area contributed by atoms with Gasteiger partial charge in [-0.1, -0.05) is 155 Å². The highest BCUT2D eigenvalue weighted by atomic mass is 15.1. The van der Waals surface area contributed by atoms with Gasteiger partial charge in [0.1, 0.15) is 0 Å². The Morgan fingerprint density at radius 3 is 2.09 bits per heavy atom. The second kappa shape index (κ2) is 12.3. The fourth-order valence-corrected chi connectivity index (χ4v) is 13.0. The third-order valence-electron chi connectivity index (χ3n) is 15.2. The van der Waals surface area contributed by atoms with Crippen molar-refractivity contribution < 1.29 is 0 Å². The van der Waals surface area contributed by atoms with Gasteiger partial charge in [0.05, 0.1) is 5.69 Å². The van der Waals surface area contributed by atoms with E-state index in [0.29, 0.717) is 11.8 Å². The molecule has 54 heavy (non-hydrogen) atoms. The molecule has 2 spiro atoms. The number of hydrogen-bond acceptors (Lipinski definition) is 1. The van der Waals surface area contributed by atoms with Gasteiger partial charge in [0, 0.05) is 27.8 Å². The van der Waals surface area contributed by atoms with Crippen molar-refractivity contribution in [1.29, 1.82) is 0 Å². The summed E-state index contributed by atoms with van der Waals surface area (Å²) in [6, 6.07) is 54.0. The van der Waals surface area contributed by atoms with Crippen LogP contribution in [0.25, 0.3) is 33.4 Å². The Bertz CT molecular complexity index is 2390. The molecule has 4 unspecified atom stereocenters. The molecule has 5 aliphatic carbocycles. The first-order chi connectivity index (χ1) is 26.6. The average Bonchev–Trinajstić information content (AvgIpc) is 3.92. The second-order valence-electron chi connectivity index (χ2n) is 17.5. The molecule has 1 nitrogen and oxygen atoms in total. The highest BCUT2D eigenvalue weighted by Crippen LogP contribution is 2.66. The minimum absolute atomic E-state index is 0.0926. The number of rotatable bonds is 5. The van der Waals surface area contributed by atoms with Crippen LogP contribution < -0.4 is 4.90 Å². The molecule has 0 saturated heterocycles. The molecule has 3 saturated carbocycles. The van der Waals surface area contributed by atoms with Crippen molar-refractivity contribution in [3.8, 4) is 33.4 Å². The Morgan fingerprint density at radius 1 is 0.574 bits per heavy atom. The van der Waals surface area contributed by atoms with Crippen LogP contribution in [0.15, 0.2) is 140 Å². The maximum atomic E-state index is 2.61. The maximum Gasteiger partial charge on any atom is 0.0543 e. The van der Waals surface area contributed by atoms with E-state index >= 15 is 0 Å². The van der Waals surface area contributed by atoms with E-state index in [1.54, 1.807) is 11.1 Å². The van der Waals surface area contributed by atoms with E-state index in [0.717, 1.165) is 11.8 Å². The molecule has 5 atom stereocenters. The second-order valence-corrected chi connectivity index (χ2v) is 17.5. The summed E-state index contributed by atoms with van der Waals surface area (Å²) in [6.45, 7) is 5.04. The van der Waals surface area contributed by atoms with Gasteiger partial charge in [-0.25, -0.2) is 0 Å². The van der Waals surface area contributed by atoms with Crippen molar-refractivity contribution in [2.75, 3.05) is 4.90 Å². The monoisotopic (exact) mass is 701 g/mol. The first-order valence-electron chi connectivity index (χ1n) is 21.0. The van der Waals surface area contributed by atoms with Gasteiger partial charge in [-0.05, 0) is 130 Å². The van der Waals surface area contributed by atoms with E-state index in [1.165, 1.54) is 119 Å². The number of anilines is 3. The lowest BCUT2D eigenvalue weighted by Crippen LogP contribution is -2.51. The summed E-state index contributed by atoms with van der Waals surface area (Å²) >= 11 is 0. The molecular formula is C53H51N. The summed E-state index contributed by atoms with van der Waals surface area (Å²) < 4.78 is 0. The van der Waals surface area contributed by atoms with E-state index in [4.69, 9.17) is 0 Å². The third-order valence-corrected chi connectivity index (χ3v) is 15.2. The standard InChI is InChI=1S/C53H51N/c1-3-39-31-36-26-25-35(2)49(32-36)53(39)46-22-10-7-19-42(46)44-34-41(27-28-47(44)53)54(40-18-13-17-38(33-40)37-15-5-4-6-16-37)50-24-14-23-48-51(50)43-20-8-9-21-45(43)52(48)29-11-12-30-52/h4-10,13-24,27-28,33-36,39,49H,3,11-12,25-26,29-32H2,1-2H3/t35-,36?,39?,49?,53?/m0/s1. The topological polar surface area (TPSA) is 3.24 Å². The highest BCUT2D eigenvalue weighted by molar-refractivity contribution is 5.97. The smallest absolute Gasteiger partial charge is 0.0543 e. The maximum absolute atomic E-state index is 2.61. The van der Waals surface area contributed by atoms with E-state index < -0.39 is 0 Å². The van der Waals surface area contributed by atoms with Gasteiger partial charge < -0.3 is 4.90 Å². The van der Waals surface area contributed by atoms with E-state index in [9.17, 15) is 0 Å². The van der Waals surface area contributed by atoms with Gasteiger partial charge in [-0.15, -0.1) is 0 Å². The molecule has 6 aromatic carbocycles. The van der Waals surface area contributed by atoms with Gasteiger partial charge in [0.15, 0.2) is 0 Å². The molecule has 0 radical (unpaired) electrons. The fourth-order valence-electron chi connectivity index (χ4n) is 13.0. The molecule has 11 rings (SSSR count). The first-order valence-corrected chi connectivity index (χ1v) is 21.0. The molecule has 2 bridgehead atoms. The number of fused-ring (bicyclic) bond motifs is 13. The van der Waals surface area contributed by atoms with Crippen molar-refractivity contribution in [3.63, 3.8) is 0 Å². The normalized spacial score (nSPS) is 25.3. The number of hydrogen-bond donors (Lipinski definition) is 0. The Kier molecular flexibility index (Phi) is 7.43. The zero-order valence-electron chi connectivity index (χ0n) is 31.9. The van der Waals surface area contributed by atoms with Crippen LogP contribution in [0.1, 0.15) is 93.9 Å². The van der Waals surface area contributed by atoms with Gasteiger partial charge in [0.25, 0.3) is 0 Å². The first kappa shape index (κ1) is 32.5. The molecule has 6 aromatic rings. The van der Waals surface area contributed by atoms with Crippen LogP contribution in [0.4, 0.5) is 17.1 Å². The molecule has 0 aliphatic heterocycles. The quantitative estimate of drug-likeness (QED) is 0.173. The molecule has 5 aliphatic rings. The van der Waals surface area contributed by atoms with Gasteiger partial charge in [-0.2, -0.15) is 0 Å². The third kappa shape index (κ3) is 4.45. The molecule has 1 heteroatoms. The van der Waals surface area contributed by atoms with Crippen molar-refractivity contribution in [1.82, 2.24) is 0 Å². The Balaban J connectivity index is 1.16. The summed E-state index contributed by atoms with van der Waals surface area (Å²) in [5, 5.41) is 0. The minimum atomic E-state index is 0.0926. The summed E-state index contributed by atoms with van der Waals surface area (Å²) in [4.78, 5) is 2.61. The van der Waals surface area contributed by atoms with Crippen LogP contribution in [-0.2, 0) is 10.8 Å². The zero-order valence-corrected chi connectivity index (χ0v) is 31.9. The zero-order chi connectivity index (χ0) is 36.0. The largest absolute Gasteiger partial charge is 0.310 e. The molecule has 0 aromatic heterocycles. The Labute approximate surface area is 322 Å². The summed E-state index contributed by atoms with van der Waals surface area (Å²) in [5.74, 6) is 2.99. The lowest BCUT2D eigenvalue weighted by atomic mass is 9.47. The Morgan fingerprint density at radius 2 is 1.26 bits per heavy atom. The van der Waals surface area contributed by atoms with Gasteiger partial charge in [0.2, 0.25) is 0 Å². The van der Waals surface area contributed by atoms with E-state index in [2.05, 4.69) is 158 Å². The number of benzene rings is 6. The van der Waals surface area contributed by atoms with Crippen LogP contribution in [0.5, 0.6) is 0 Å². The predicted molar refractivity (Wildman–Crippen MR) is 226 cm³/mol. The van der Waals surface area contributed by atoms with Crippen molar-refractivity contribution >= 4 is 17.1 Å². The van der Waals surface area contributed by atoms with Crippen molar-refractivity contribution in [3.05, 3.63) is 162 Å². The molecule has 0 heterocycles. The molecule has 0 N–H and O–H groups in total.